The maximum atomic E-state index is 11.6. The molecule has 0 bridgehead atoms. The fraction of sp³-hybridized carbons (Fsp3) is 0.200. The van der Waals surface area contributed by atoms with Gasteiger partial charge in [-0.2, -0.15) is 8.42 Å². The van der Waals surface area contributed by atoms with Gasteiger partial charge >= 0.3 is 16.3 Å². The van der Waals surface area contributed by atoms with Crippen molar-refractivity contribution in [3.05, 3.63) is 24.3 Å². The number of amides is 1. The summed E-state index contributed by atoms with van der Waals surface area (Å²) in [5, 5.41) is 0. The van der Waals surface area contributed by atoms with E-state index in [1.807, 2.05) is 0 Å². The van der Waals surface area contributed by atoms with Crippen LogP contribution in [-0.2, 0) is 14.9 Å². The standard InChI is InChI=1S/C10H12N4O4S/c1-2-18-10(15)14-19(16,17)13-9-11-7-5-3-4-6-8(7)12-9/h3-6H,2H2,1H3,(H,14,15)(H2,11,12,13). The van der Waals surface area contributed by atoms with E-state index in [4.69, 9.17) is 0 Å². The number of H-pyrrole nitrogens is 1. The zero-order valence-corrected chi connectivity index (χ0v) is 10.8. The van der Waals surface area contributed by atoms with Crippen molar-refractivity contribution in [2.24, 2.45) is 0 Å². The van der Waals surface area contributed by atoms with Gasteiger partial charge in [0.1, 0.15) is 0 Å². The maximum absolute atomic E-state index is 11.6. The van der Waals surface area contributed by atoms with E-state index in [0.717, 1.165) is 0 Å². The topological polar surface area (TPSA) is 113 Å². The lowest BCUT2D eigenvalue weighted by molar-refractivity contribution is 0.159. The van der Waals surface area contributed by atoms with E-state index in [9.17, 15) is 13.2 Å². The van der Waals surface area contributed by atoms with Crippen LogP contribution in [0.1, 0.15) is 6.92 Å². The fourth-order valence-corrected chi connectivity index (χ4v) is 2.10. The average Bonchev–Trinajstić information content (AvgIpc) is 2.69. The van der Waals surface area contributed by atoms with Gasteiger partial charge in [-0.25, -0.2) is 19.2 Å². The molecule has 0 aliphatic rings. The Labute approximate surface area is 109 Å². The SMILES string of the molecule is CCOC(=O)NS(=O)(=O)Nc1nc2ccccc2[nH]1. The lowest BCUT2D eigenvalue weighted by Gasteiger charge is -2.06. The molecule has 2 rings (SSSR count). The molecule has 0 saturated carbocycles. The quantitative estimate of drug-likeness (QED) is 0.774. The Bertz CT molecular complexity index is 661. The Morgan fingerprint density at radius 3 is 2.84 bits per heavy atom. The number of ether oxygens (including phenoxy) is 1. The highest BCUT2D eigenvalue weighted by atomic mass is 32.2. The molecule has 0 radical (unpaired) electrons. The highest BCUT2D eigenvalue weighted by molar-refractivity contribution is 7.91. The highest BCUT2D eigenvalue weighted by Crippen LogP contribution is 2.13. The van der Waals surface area contributed by atoms with Crippen molar-refractivity contribution in [3.63, 3.8) is 0 Å². The molecule has 0 saturated heterocycles. The van der Waals surface area contributed by atoms with Crippen molar-refractivity contribution < 1.29 is 17.9 Å². The number of imidazole rings is 1. The molecule has 9 heteroatoms. The van der Waals surface area contributed by atoms with Crippen molar-refractivity contribution in [1.82, 2.24) is 14.7 Å². The fourth-order valence-electron chi connectivity index (χ4n) is 1.42. The molecule has 8 nitrogen and oxygen atoms in total. The summed E-state index contributed by atoms with van der Waals surface area (Å²) in [4.78, 5) is 17.8. The molecule has 1 aromatic heterocycles. The van der Waals surface area contributed by atoms with Crippen LogP contribution in [0.2, 0.25) is 0 Å². The molecule has 0 fully saturated rings. The van der Waals surface area contributed by atoms with Gasteiger partial charge in [0.2, 0.25) is 5.95 Å². The number of nitrogens with one attached hydrogen (secondary N) is 3. The van der Waals surface area contributed by atoms with Gasteiger partial charge in [0, 0.05) is 0 Å². The Morgan fingerprint density at radius 1 is 1.42 bits per heavy atom. The monoisotopic (exact) mass is 284 g/mol. The summed E-state index contributed by atoms with van der Waals surface area (Å²) in [6.45, 7) is 1.64. The molecule has 2 aromatic rings. The minimum Gasteiger partial charge on any atom is -0.449 e. The minimum atomic E-state index is -4.07. The van der Waals surface area contributed by atoms with Gasteiger partial charge in [-0.3, -0.25) is 0 Å². The van der Waals surface area contributed by atoms with Gasteiger partial charge < -0.3 is 9.72 Å². The summed E-state index contributed by atoms with van der Waals surface area (Å²) in [5.41, 5.74) is 1.28. The minimum absolute atomic E-state index is 0.0120. The predicted octanol–water partition coefficient (Wildman–Crippen LogP) is 0.966. The first-order valence-corrected chi connectivity index (χ1v) is 6.90. The number of carbonyl (C=O) groups is 1. The Hall–Kier alpha value is -2.29. The second-order valence-electron chi connectivity index (χ2n) is 3.53. The number of fused-ring (bicyclic) bond motifs is 1. The van der Waals surface area contributed by atoms with Gasteiger partial charge in [-0.15, -0.1) is 0 Å². The third-order valence-corrected chi connectivity index (χ3v) is 3.01. The van der Waals surface area contributed by atoms with Crippen LogP contribution in [-0.4, -0.2) is 31.1 Å². The second-order valence-corrected chi connectivity index (χ2v) is 4.95. The van der Waals surface area contributed by atoms with Crippen LogP contribution in [0.3, 0.4) is 0 Å². The zero-order chi connectivity index (χ0) is 13.9. The van der Waals surface area contributed by atoms with E-state index < -0.39 is 16.3 Å². The van der Waals surface area contributed by atoms with Crippen LogP contribution >= 0.6 is 0 Å². The third kappa shape index (κ3) is 3.35. The summed E-state index contributed by atoms with van der Waals surface area (Å²) in [6, 6.07) is 7.04. The summed E-state index contributed by atoms with van der Waals surface area (Å²) in [6.07, 6.45) is -1.05. The maximum Gasteiger partial charge on any atom is 0.422 e. The zero-order valence-electron chi connectivity index (χ0n) is 10.0. The Morgan fingerprint density at radius 2 is 2.16 bits per heavy atom. The number of hydrogen-bond donors (Lipinski definition) is 3. The molecule has 0 aliphatic carbocycles. The molecule has 19 heavy (non-hydrogen) atoms. The van der Waals surface area contributed by atoms with Crippen molar-refractivity contribution in [1.29, 1.82) is 0 Å². The van der Waals surface area contributed by atoms with E-state index >= 15 is 0 Å². The first kappa shape index (κ1) is 13.1. The predicted molar refractivity (Wildman–Crippen MR) is 68.8 cm³/mol. The van der Waals surface area contributed by atoms with Gasteiger partial charge in [-0.1, -0.05) is 12.1 Å². The van der Waals surface area contributed by atoms with Crippen LogP contribution < -0.4 is 9.44 Å². The lowest BCUT2D eigenvalue weighted by Crippen LogP contribution is -2.36. The molecular weight excluding hydrogens is 272 g/mol. The Kier molecular flexibility index (Phi) is 3.56. The number of nitrogens with zero attached hydrogens (tertiary/aromatic N) is 1. The van der Waals surface area contributed by atoms with Crippen molar-refractivity contribution in [2.75, 3.05) is 11.3 Å². The molecular formula is C10H12N4O4S. The molecule has 1 heterocycles. The molecule has 0 aliphatic heterocycles. The van der Waals surface area contributed by atoms with Gasteiger partial charge in [0.05, 0.1) is 17.6 Å². The number of carbonyl (C=O) groups excluding carboxylic acids is 1. The number of hydrogen-bond acceptors (Lipinski definition) is 5. The number of aromatic amines is 1. The summed E-state index contributed by atoms with van der Waals surface area (Å²) < 4.78 is 31.4. The van der Waals surface area contributed by atoms with Gasteiger partial charge in [0.25, 0.3) is 0 Å². The summed E-state index contributed by atoms with van der Waals surface area (Å²) in [7, 11) is -4.07. The number of anilines is 1. The van der Waals surface area contributed by atoms with Crippen LogP contribution in [0.5, 0.6) is 0 Å². The van der Waals surface area contributed by atoms with E-state index in [1.54, 1.807) is 35.9 Å². The van der Waals surface area contributed by atoms with E-state index in [-0.39, 0.29) is 12.6 Å². The molecule has 0 spiro atoms. The summed E-state index contributed by atoms with van der Waals surface area (Å²) >= 11 is 0. The first-order valence-electron chi connectivity index (χ1n) is 5.42. The molecule has 3 N–H and O–H groups in total. The highest BCUT2D eigenvalue weighted by Gasteiger charge is 2.16. The van der Waals surface area contributed by atoms with Gasteiger partial charge in [-0.05, 0) is 19.1 Å². The number of aromatic nitrogens is 2. The molecule has 1 aromatic carbocycles. The third-order valence-electron chi connectivity index (χ3n) is 2.11. The molecule has 0 unspecified atom stereocenters. The van der Waals surface area contributed by atoms with Crippen molar-refractivity contribution >= 4 is 33.3 Å². The number of rotatable bonds is 4. The van der Waals surface area contributed by atoms with Crippen LogP contribution in [0.25, 0.3) is 11.0 Å². The largest absolute Gasteiger partial charge is 0.449 e. The normalized spacial score (nSPS) is 11.2. The van der Waals surface area contributed by atoms with Crippen LogP contribution in [0.15, 0.2) is 24.3 Å². The van der Waals surface area contributed by atoms with Gasteiger partial charge in [0.15, 0.2) is 0 Å². The summed E-state index contributed by atoms with van der Waals surface area (Å²) in [5.74, 6) is 0.0120. The molecule has 1 amide bonds. The van der Waals surface area contributed by atoms with E-state index in [2.05, 4.69) is 19.4 Å². The number of para-hydroxylation sites is 2. The first-order chi connectivity index (χ1) is 9.00. The smallest absolute Gasteiger partial charge is 0.422 e. The van der Waals surface area contributed by atoms with E-state index in [1.165, 1.54) is 0 Å². The van der Waals surface area contributed by atoms with E-state index in [0.29, 0.717) is 11.0 Å². The molecule has 0 atom stereocenters. The average molecular weight is 284 g/mol. The van der Waals surface area contributed by atoms with Crippen molar-refractivity contribution in [3.8, 4) is 0 Å². The number of benzene rings is 1. The van der Waals surface area contributed by atoms with Crippen LogP contribution in [0, 0.1) is 0 Å². The molecule has 102 valence electrons. The van der Waals surface area contributed by atoms with Crippen LogP contribution in [0.4, 0.5) is 10.7 Å². The lowest BCUT2D eigenvalue weighted by atomic mass is 10.3. The van der Waals surface area contributed by atoms with Crippen molar-refractivity contribution in [2.45, 2.75) is 6.92 Å². The Balaban J connectivity index is 2.13. The second kappa shape index (κ2) is 5.14.